The van der Waals surface area contributed by atoms with Gasteiger partial charge in [0.15, 0.2) is 0 Å². The topological polar surface area (TPSA) is 73.9 Å². The first kappa shape index (κ1) is 18.0. The molecule has 2 aromatic carbocycles. The molecule has 6 nitrogen and oxygen atoms in total. The molecule has 1 N–H and O–H groups in total. The summed E-state index contributed by atoms with van der Waals surface area (Å²) in [6.07, 6.45) is 0. The fourth-order valence-corrected chi connectivity index (χ4v) is 2.92. The average Bonchev–Trinajstić information content (AvgIpc) is 2.58. The zero-order valence-corrected chi connectivity index (χ0v) is 14.1. The molecule has 0 radical (unpaired) electrons. The highest BCUT2D eigenvalue weighted by Crippen LogP contribution is 2.27. The molecule has 0 aliphatic heterocycles. The first-order chi connectivity index (χ1) is 11.4. The molecule has 2 rings (SSSR count). The minimum atomic E-state index is -3.70. The number of hydrogen-bond donors (Lipinski definition) is 1. The van der Waals surface area contributed by atoms with Gasteiger partial charge in [-0.3, -0.25) is 0 Å². The zero-order chi connectivity index (χ0) is 17.6. The molecule has 0 fully saturated rings. The molecule has 130 valence electrons. The molecule has 2 aromatic rings. The van der Waals surface area contributed by atoms with Gasteiger partial charge >= 0.3 is 0 Å². The Kier molecular flexibility index (Phi) is 5.99. The van der Waals surface area contributed by atoms with E-state index in [1.165, 1.54) is 26.4 Å². The zero-order valence-electron chi connectivity index (χ0n) is 13.3. The summed E-state index contributed by atoms with van der Waals surface area (Å²) in [7, 11) is -0.657. The van der Waals surface area contributed by atoms with Gasteiger partial charge < -0.3 is 14.2 Å². The van der Waals surface area contributed by atoms with Crippen LogP contribution in [0.5, 0.6) is 17.2 Å². The van der Waals surface area contributed by atoms with Crippen molar-refractivity contribution in [1.82, 2.24) is 4.72 Å². The second kappa shape index (κ2) is 7.98. The van der Waals surface area contributed by atoms with E-state index in [0.29, 0.717) is 17.2 Å². The highest BCUT2D eigenvalue weighted by atomic mass is 32.2. The lowest BCUT2D eigenvalue weighted by atomic mass is 10.3. The van der Waals surface area contributed by atoms with Crippen molar-refractivity contribution >= 4 is 10.0 Å². The minimum absolute atomic E-state index is 0.00745. The van der Waals surface area contributed by atoms with E-state index in [1.807, 2.05) is 0 Å². The number of sulfonamides is 1. The maximum Gasteiger partial charge on any atom is 0.240 e. The van der Waals surface area contributed by atoms with Crippen LogP contribution in [0, 0.1) is 5.82 Å². The Balaban J connectivity index is 1.91. The number of nitrogens with one attached hydrogen (secondary N) is 1. The monoisotopic (exact) mass is 355 g/mol. The van der Waals surface area contributed by atoms with Gasteiger partial charge in [-0.1, -0.05) is 0 Å². The van der Waals surface area contributed by atoms with Gasteiger partial charge in [0.1, 0.15) is 29.7 Å². The third kappa shape index (κ3) is 4.84. The van der Waals surface area contributed by atoms with E-state index in [1.54, 1.807) is 18.2 Å². The lowest BCUT2D eigenvalue weighted by Crippen LogP contribution is -2.28. The molecule has 0 bridgehead atoms. The Morgan fingerprint density at radius 1 is 0.958 bits per heavy atom. The van der Waals surface area contributed by atoms with Gasteiger partial charge in [0.05, 0.1) is 19.1 Å². The van der Waals surface area contributed by atoms with E-state index in [-0.39, 0.29) is 18.0 Å². The number of halogens is 1. The van der Waals surface area contributed by atoms with Crippen LogP contribution in [0.15, 0.2) is 47.4 Å². The Morgan fingerprint density at radius 2 is 1.50 bits per heavy atom. The average molecular weight is 355 g/mol. The number of methoxy groups -OCH3 is 2. The molecule has 8 heteroatoms. The molecule has 0 heterocycles. The van der Waals surface area contributed by atoms with E-state index in [0.717, 1.165) is 12.1 Å². The van der Waals surface area contributed by atoms with E-state index >= 15 is 0 Å². The normalized spacial score (nSPS) is 11.1. The first-order valence-electron chi connectivity index (χ1n) is 7.06. The second-order valence-electron chi connectivity index (χ2n) is 4.75. The number of benzene rings is 2. The molecule has 0 amide bonds. The number of ether oxygens (including phenoxy) is 3. The van der Waals surface area contributed by atoms with Gasteiger partial charge in [-0.25, -0.2) is 17.5 Å². The van der Waals surface area contributed by atoms with E-state index in [4.69, 9.17) is 14.2 Å². The van der Waals surface area contributed by atoms with E-state index < -0.39 is 15.8 Å². The van der Waals surface area contributed by atoms with Gasteiger partial charge in [0.25, 0.3) is 0 Å². The van der Waals surface area contributed by atoms with Crippen molar-refractivity contribution in [3.63, 3.8) is 0 Å². The number of rotatable bonds is 8. The molecule has 0 unspecified atom stereocenters. The summed E-state index contributed by atoms with van der Waals surface area (Å²) >= 11 is 0. The van der Waals surface area contributed by atoms with Crippen molar-refractivity contribution in [3.05, 3.63) is 48.3 Å². The smallest absolute Gasteiger partial charge is 0.240 e. The molecule has 0 aliphatic rings. The highest BCUT2D eigenvalue weighted by molar-refractivity contribution is 7.89. The maximum atomic E-state index is 12.8. The third-order valence-electron chi connectivity index (χ3n) is 3.11. The summed E-state index contributed by atoms with van der Waals surface area (Å²) in [5, 5.41) is 0. The maximum absolute atomic E-state index is 12.8. The lowest BCUT2D eigenvalue weighted by Gasteiger charge is -2.11. The van der Waals surface area contributed by atoms with Crippen molar-refractivity contribution in [2.24, 2.45) is 0 Å². The molecule has 0 aliphatic carbocycles. The largest absolute Gasteiger partial charge is 0.496 e. The first-order valence-corrected chi connectivity index (χ1v) is 8.54. The molecule has 0 atom stereocenters. The van der Waals surface area contributed by atoms with Crippen LogP contribution >= 0.6 is 0 Å². The molecule has 0 saturated carbocycles. The van der Waals surface area contributed by atoms with Gasteiger partial charge in [-0.2, -0.15) is 0 Å². The van der Waals surface area contributed by atoms with Crippen molar-refractivity contribution in [2.45, 2.75) is 4.90 Å². The van der Waals surface area contributed by atoms with Crippen molar-refractivity contribution < 1.29 is 27.0 Å². The van der Waals surface area contributed by atoms with Crippen LogP contribution in [0.3, 0.4) is 0 Å². The Bertz CT molecular complexity index is 755. The molecular formula is C16H18FNO5S. The second-order valence-corrected chi connectivity index (χ2v) is 6.52. The van der Waals surface area contributed by atoms with Gasteiger partial charge in [0.2, 0.25) is 10.0 Å². The van der Waals surface area contributed by atoms with Crippen LogP contribution in [-0.2, 0) is 10.0 Å². The number of hydrogen-bond acceptors (Lipinski definition) is 5. The predicted octanol–water partition coefficient (Wildman–Crippen LogP) is 2.20. The van der Waals surface area contributed by atoms with E-state index in [9.17, 15) is 12.8 Å². The van der Waals surface area contributed by atoms with Gasteiger partial charge in [0, 0.05) is 24.7 Å². The Labute approximate surface area is 140 Å². The summed E-state index contributed by atoms with van der Waals surface area (Å²) < 4.78 is 55.0. The lowest BCUT2D eigenvalue weighted by molar-refractivity contribution is 0.316. The van der Waals surface area contributed by atoms with Gasteiger partial charge in [-0.15, -0.1) is 0 Å². The third-order valence-corrected chi connectivity index (χ3v) is 4.59. The van der Waals surface area contributed by atoms with Crippen molar-refractivity contribution in [3.8, 4) is 17.2 Å². The highest BCUT2D eigenvalue weighted by Gasteiger charge is 2.13. The molecule has 0 aromatic heterocycles. The van der Waals surface area contributed by atoms with E-state index in [2.05, 4.69) is 4.72 Å². The fourth-order valence-electron chi connectivity index (χ4n) is 1.91. The molecule has 24 heavy (non-hydrogen) atoms. The SMILES string of the molecule is COc1cc(OC)cc(OCCNS(=O)(=O)c2ccc(F)cc2)c1. The quantitative estimate of drug-likeness (QED) is 0.735. The molecular weight excluding hydrogens is 337 g/mol. The van der Waals surface area contributed by atoms with Crippen molar-refractivity contribution in [2.75, 3.05) is 27.4 Å². The Morgan fingerprint density at radius 3 is 2.04 bits per heavy atom. The summed E-state index contributed by atoms with van der Waals surface area (Å²) in [4.78, 5) is -0.00745. The summed E-state index contributed by atoms with van der Waals surface area (Å²) in [6, 6.07) is 9.61. The van der Waals surface area contributed by atoms with Crippen LogP contribution in [-0.4, -0.2) is 35.8 Å². The van der Waals surface area contributed by atoms with Crippen LogP contribution in [0.2, 0.25) is 0 Å². The Hall–Kier alpha value is -2.32. The predicted molar refractivity (Wildman–Crippen MR) is 86.6 cm³/mol. The summed E-state index contributed by atoms with van der Waals surface area (Å²) in [5.74, 6) is 1.13. The summed E-state index contributed by atoms with van der Waals surface area (Å²) in [5.41, 5.74) is 0. The van der Waals surface area contributed by atoms with Crippen LogP contribution in [0.25, 0.3) is 0 Å². The molecule has 0 spiro atoms. The standard InChI is InChI=1S/C16H18FNO5S/c1-21-13-9-14(22-2)11-15(10-13)23-8-7-18-24(19,20)16-5-3-12(17)4-6-16/h3-6,9-11,18H,7-8H2,1-2H3. The fraction of sp³-hybridized carbons (Fsp3) is 0.250. The van der Waals surface area contributed by atoms with Crippen molar-refractivity contribution in [1.29, 1.82) is 0 Å². The molecule has 0 saturated heterocycles. The summed E-state index contributed by atoms with van der Waals surface area (Å²) in [6.45, 7) is 0.163. The van der Waals surface area contributed by atoms with Crippen LogP contribution < -0.4 is 18.9 Å². The van der Waals surface area contributed by atoms with Crippen LogP contribution in [0.1, 0.15) is 0 Å². The minimum Gasteiger partial charge on any atom is -0.496 e. The van der Waals surface area contributed by atoms with Crippen LogP contribution in [0.4, 0.5) is 4.39 Å². The van der Waals surface area contributed by atoms with Gasteiger partial charge in [-0.05, 0) is 24.3 Å².